The molecular formula is C15H19NO2. The number of hydrogen-bond acceptors (Lipinski definition) is 2. The molecule has 1 aromatic heterocycles. The number of para-hydroxylation sites is 1. The van der Waals surface area contributed by atoms with Gasteiger partial charge in [0.2, 0.25) is 0 Å². The molecule has 0 saturated carbocycles. The normalized spacial score (nSPS) is 12.6. The predicted octanol–water partition coefficient (Wildman–Crippen LogP) is 3.66. The molecule has 18 heavy (non-hydrogen) atoms. The lowest BCUT2D eigenvalue weighted by atomic mass is 10.2. The summed E-state index contributed by atoms with van der Waals surface area (Å²) >= 11 is 0. The van der Waals surface area contributed by atoms with Gasteiger partial charge in [0.25, 0.3) is 5.91 Å². The zero-order valence-electron chi connectivity index (χ0n) is 11.1. The van der Waals surface area contributed by atoms with Gasteiger partial charge in [0.1, 0.15) is 5.58 Å². The van der Waals surface area contributed by atoms with Gasteiger partial charge in [0.15, 0.2) is 5.76 Å². The average molecular weight is 245 g/mol. The number of benzene rings is 1. The minimum absolute atomic E-state index is 0.133. The van der Waals surface area contributed by atoms with Crippen molar-refractivity contribution in [1.29, 1.82) is 0 Å². The van der Waals surface area contributed by atoms with E-state index in [1.54, 1.807) is 6.07 Å². The predicted molar refractivity (Wildman–Crippen MR) is 72.8 cm³/mol. The third kappa shape index (κ3) is 2.55. The van der Waals surface area contributed by atoms with Crippen molar-refractivity contribution in [1.82, 2.24) is 5.32 Å². The molecule has 0 aliphatic rings. The first kappa shape index (κ1) is 12.7. The summed E-state index contributed by atoms with van der Waals surface area (Å²) in [6.45, 7) is 6.09. The van der Waals surface area contributed by atoms with Crippen LogP contribution in [0.4, 0.5) is 0 Å². The van der Waals surface area contributed by atoms with Crippen LogP contribution < -0.4 is 5.32 Å². The van der Waals surface area contributed by atoms with E-state index in [-0.39, 0.29) is 11.9 Å². The van der Waals surface area contributed by atoms with E-state index in [2.05, 4.69) is 12.2 Å². The molecule has 1 unspecified atom stereocenters. The van der Waals surface area contributed by atoms with Gasteiger partial charge in [-0.05, 0) is 31.9 Å². The fourth-order valence-electron chi connectivity index (χ4n) is 2.12. The summed E-state index contributed by atoms with van der Waals surface area (Å²) in [5.74, 6) is 0.258. The second kappa shape index (κ2) is 5.25. The second-order valence-corrected chi connectivity index (χ2v) is 4.77. The van der Waals surface area contributed by atoms with Crippen LogP contribution in [0.1, 0.15) is 42.8 Å². The zero-order chi connectivity index (χ0) is 13.1. The van der Waals surface area contributed by atoms with E-state index in [1.165, 1.54) is 0 Å². The maximum atomic E-state index is 12.0. The molecule has 1 heterocycles. The SMILES string of the molecule is CCCC(C)NC(=O)c1cc2cccc(C)c2o1. The molecule has 0 bridgehead atoms. The molecule has 2 aromatic rings. The van der Waals surface area contributed by atoms with Crippen molar-refractivity contribution >= 4 is 16.9 Å². The van der Waals surface area contributed by atoms with E-state index in [1.807, 2.05) is 32.0 Å². The van der Waals surface area contributed by atoms with Crippen molar-refractivity contribution in [2.24, 2.45) is 0 Å². The van der Waals surface area contributed by atoms with Crippen LogP contribution >= 0.6 is 0 Å². The largest absolute Gasteiger partial charge is 0.451 e. The van der Waals surface area contributed by atoms with Crippen molar-refractivity contribution in [3.8, 4) is 0 Å². The van der Waals surface area contributed by atoms with Crippen molar-refractivity contribution in [2.45, 2.75) is 39.7 Å². The summed E-state index contributed by atoms with van der Waals surface area (Å²) in [5.41, 5.74) is 1.85. The molecule has 3 heteroatoms. The number of furan rings is 1. The number of amides is 1. The standard InChI is InChI=1S/C15H19NO2/c1-4-6-11(3)16-15(17)13-9-12-8-5-7-10(2)14(12)18-13/h5,7-9,11H,4,6H2,1-3H3,(H,16,17). The van der Waals surface area contributed by atoms with Crippen LogP contribution in [-0.2, 0) is 0 Å². The van der Waals surface area contributed by atoms with Crippen LogP contribution in [0.15, 0.2) is 28.7 Å². The lowest BCUT2D eigenvalue weighted by Gasteiger charge is -2.10. The first-order valence-corrected chi connectivity index (χ1v) is 6.42. The molecule has 1 amide bonds. The Morgan fingerprint density at radius 2 is 2.22 bits per heavy atom. The van der Waals surface area contributed by atoms with E-state index in [9.17, 15) is 4.79 Å². The summed E-state index contributed by atoms with van der Waals surface area (Å²) in [6.07, 6.45) is 2.03. The maximum absolute atomic E-state index is 12.0. The quantitative estimate of drug-likeness (QED) is 0.893. The molecule has 2 rings (SSSR count). The second-order valence-electron chi connectivity index (χ2n) is 4.77. The average Bonchev–Trinajstić information content (AvgIpc) is 2.74. The van der Waals surface area contributed by atoms with Crippen LogP contribution in [-0.4, -0.2) is 11.9 Å². The minimum Gasteiger partial charge on any atom is -0.451 e. The zero-order valence-corrected chi connectivity index (χ0v) is 11.1. The highest BCUT2D eigenvalue weighted by Crippen LogP contribution is 2.22. The van der Waals surface area contributed by atoms with E-state index in [0.717, 1.165) is 29.4 Å². The highest BCUT2D eigenvalue weighted by atomic mass is 16.3. The Balaban J connectivity index is 2.21. The Kier molecular flexibility index (Phi) is 3.70. The smallest absolute Gasteiger partial charge is 0.287 e. The summed E-state index contributed by atoms with van der Waals surface area (Å²) in [4.78, 5) is 12.0. The van der Waals surface area contributed by atoms with Crippen LogP contribution in [0.3, 0.4) is 0 Å². The fourth-order valence-corrected chi connectivity index (χ4v) is 2.12. The number of rotatable bonds is 4. The summed E-state index contributed by atoms with van der Waals surface area (Å²) in [6, 6.07) is 7.88. The molecule has 0 radical (unpaired) electrons. The highest BCUT2D eigenvalue weighted by molar-refractivity contribution is 5.96. The number of carbonyl (C=O) groups is 1. The Labute approximate surface area is 107 Å². The van der Waals surface area contributed by atoms with E-state index in [4.69, 9.17) is 4.42 Å². The van der Waals surface area contributed by atoms with E-state index >= 15 is 0 Å². The molecule has 1 N–H and O–H groups in total. The Morgan fingerprint density at radius 1 is 1.44 bits per heavy atom. The van der Waals surface area contributed by atoms with Crippen molar-refractivity contribution < 1.29 is 9.21 Å². The molecule has 3 nitrogen and oxygen atoms in total. The van der Waals surface area contributed by atoms with Gasteiger partial charge in [-0.3, -0.25) is 4.79 Å². The van der Waals surface area contributed by atoms with Gasteiger partial charge in [-0.2, -0.15) is 0 Å². The third-order valence-corrected chi connectivity index (χ3v) is 3.06. The first-order valence-electron chi connectivity index (χ1n) is 6.42. The molecular weight excluding hydrogens is 226 g/mol. The van der Waals surface area contributed by atoms with Gasteiger partial charge < -0.3 is 9.73 Å². The first-order chi connectivity index (χ1) is 8.61. The third-order valence-electron chi connectivity index (χ3n) is 3.06. The van der Waals surface area contributed by atoms with Gasteiger partial charge >= 0.3 is 0 Å². The van der Waals surface area contributed by atoms with Crippen LogP contribution in [0.25, 0.3) is 11.0 Å². The van der Waals surface area contributed by atoms with Gasteiger partial charge in [-0.15, -0.1) is 0 Å². The van der Waals surface area contributed by atoms with Crippen LogP contribution in [0.5, 0.6) is 0 Å². The number of aryl methyl sites for hydroxylation is 1. The summed E-state index contributed by atoms with van der Waals surface area (Å²) < 4.78 is 5.63. The van der Waals surface area contributed by atoms with Crippen molar-refractivity contribution in [3.63, 3.8) is 0 Å². The molecule has 96 valence electrons. The van der Waals surface area contributed by atoms with Crippen LogP contribution in [0.2, 0.25) is 0 Å². The molecule has 0 fully saturated rings. The number of hydrogen-bond donors (Lipinski definition) is 1. The Hall–Kier alpha value is -1.77. The fraction of sp³-hybridized carbons (Fsp3) is 0.400. The maximum Gasteiger partial charge on any atom is 0.287 e. The number of fused-ring (bicyclic) bond motifs is 1. The van der Waals surface area contributed by atoms with Crippen molar-refractivity contribution in [3.05, 3.63) is 35.6 Å². The Morgan fingerprint density at radius 3 is 2.89 bits per heavy atom. The summed E-state index contributed by atoms with van der Waals surface area (Å²) in [5, 5.41) is 3.92. The highest BCUT2D eigenvalue weighted by Gasteiger charge is 2.14. The van der Waals surface area contributed by atoms with E-state index < -0.39 is 0 Å². The topological polar surface area (TPSA) is 42.2 Å². The van der Waals surface area contributed by atoms with Gasteiger partial charge in [0.05, 0.1) is 0 Å². The van der Waals surface area contributed by atoms with Gasteiger partial charge in [0, 0.05) is 11.4 Å². The number of carbonyl (C=O) groups excluding carboxylic acids is 1. The molecule has 0 aliphatic carbocycles. The van der Waals surface area contributed by atoms with Gasteiger partial charge in [-0.1, -0.05) is 31.5 Å². The minimum atomic E-state index is -0.133. The lowest BCUT2D eigenvalue weighted by molar-refractivity contribution is 0.0912. The monoisotopic (exact) mass is 245 g/mol. The van der Waals surface area contributed by atoms with E-state index in [0.29, 0.717) is 5.76 Å². The molecule has 0 spiro atoms. The van der Waals surface area contributed by atoms with Crippen molar-refractivity contribution in [2.75, 3.05) is 0 Å². The Bertz CT molecular complexity index is 557. The lowest BCUT2D eigenvalue weighted by Crippen LogP contribution is -2.32. The van der Waals surface area contributed by atoms with Gasteiger partial charge in [-0.25, -0.2) is 0 Å². The molecule has 1 aromatic carbocycles. The number of nitrogens with one attached hydrogen (secondary N) is 1. The van der Waals surface area contributed by atoms with Crippen LogP contribution in [0, 0.1) is 6.92 Å². The molecule has 0 aliphatic heterocycles. The molecule has 0 saturated heterocycles. The summed E-state index contributed by atoms with van der Waals surface area (Å²) in [7, 11) is 0. The molecule has 1 atom stereocenters.